The third kappa shape index (κ3) is 4.95. The number of carbonyl (C=O) groups is 1. The van der Waals surface area contributed by atoms with Crippen LogP contribution in [-0.2, 0) is 9.53 Å². The SMILES string of the molecule is CCCCN1CCOCC1C(=O)NC1CCN(c2ccc(C)cn2)CC1. The fourth-order valence-corrected chi connectivity index (χ4v) is 3.71. The summed E-state index contributed by atoms with van der Waals surface area (Å²) < 4.78 is 5.57. The Morgan fingerprint density at radius 2 is 2.12 bits per heavy atom. The van der Waals surface area contributed by atoms with Crippen LogP contribution in [0.25, 0.3) is 0 Å². The molecule has 2 aliphatic rings. The second kappa shape index (κ2) is 9.33. The number of morpholine rings is 1. The van der Waals surface area contributed by atoms with Crippen LogP contribution in [0, 0.1) is 6.92 Å². The number of ether oxygens (including phenoxy) is 1. The van der Waals surface area contributed by atoms with Crippen molar-refractivity contribution in [3.63, 3.8) is 0 Å². The minimum atomic E-state index is -0.132. The molecule has 0 saturated carbocycles. The zero-order valence-electron chi connectivity index (χ0n) is 16.1. The molecule has 1 N–H and O–H groups in total. The first-order chi connectivity index (χ1) is 12.7. The van der Waals surface area contributed by atoms with E-state index in [2.05, 4.69) is 46.1 Å². The molecule has 1 aromatic rings. The van der Waals surface area contributed by atoms with Gasteiger partial charge in [0.15, 0.2) is 0 Å². The van der Waals surface area contributed by atoms with Gasteiger partial charge in [0.25, 0.3) is 0 Å². The summed E-state index contributed by atoms with van der Waals surface area (Å²) in [7, 11) is 0. The number of rotatable bonds is 6. The van der Waals surface area contributed by atoms with E-state index in [1.165, 1.54) is 5.56 Å². The molecule has 3 rings (SSSR count). The van der Waals surface area contributed by atoms with Crippen LogP contribution in [0.1, 0.15) is 38.2 Å². The Balaban J connectivity index is 1.48. The minimum absolute atomic E-state index is 0.132. The van der Waals surface area contributed by atoms with E-state index in [0.717, 1.165) is 64.3 Å². The topological polar surface area (TPSA) is 57.7 Å². The van der Waals surface area contributed by atoms with E-state index in [4.69, 9.17) is 4.74 Å². The van der Waals surface area contributed by atoms with E-state index >= 15 is 0 Å². The number of unbranched alkanes of at least 4 members (excludes halogenated alkanes) is 1. The van der Waals surface area contributed by atoms with Crippen LogP contribution in [0.5, 0.6) is 0 Å². The van der Waals surface area contributed by atoms with Crippen molar-refractivity contribution < 1.29 is 9.53 Å². The van der Waals surface area contributed by atoms with Gasteiger partial charge in [-0.05, 0) is 44.4 Å². The predicted molar refractivity (Wildman–Crippen MR) is 103 cm³/mol. The van der Waals surface area contributed by atoms with E-state index < -0.39 is 0 Å². The highest BCUT2D eigenvalue weighted by atomic mass is 16.5. The van der Waals surface area contributed by atoms with Gasteiger partial charge in [0.05, 0.1) is 13.2 Å². The van der Waals surface area contributed by atoms with Gasteiger partial charge in [-0.15, -0.1) is 0 Å². The molecule has 1 atom stereocenters. The lowest BCUT2D eigenvalue weighted by Crippen LogP contribution is -2.56. The summed E-state index contributed by atoms with van der Waals surface area (Å²) in [6.07, 6.45) is 6.12. The van der Waals surface area contributed by atoms with Crippen LogP contribution in [0.3, 0.4) is 0 Å². The monoisotopic (exact) mass is 360 g/mol. The first-order valence-electron chi connectivity index (χ1n) is 9.97. The highest BCUT2D eigenvalue weighted by Gasteiger charge is 2.31. The number of amides is 1. The second-order valence-corrected chi connectivity index (χ2v) is 7.44. The number of nitrogens with zero attached hydrogens (tertiary/aromatic N) is 3. The summed E-state index contributed by atoms with van der Waals surface area (Å²) >= 11 is 0. The summed E-state index contributed by atoms with van der Waals surface area (Å²) in [5.41, 5.74) is 1.18. The third-order valence-corrected chi connectivity index (χ3v) is 5.40. The number of hydrogen-bond acceptors (Lipinski definition) is 5. The van der Waals surface area contributed by atoms with E-state index in [9.17, 15) is 4.79 Å². The van der Waals surface area contributed by atoms with Gasteiger partial charge in [-0.2, -0.15) is 0 Å². The van der Waals surface area contributed by atoms with Crippen molar-refractivity contribution in [1.82, 2.24) is 15.2 Å². The summed E-state index contributed by atoms with van der Waals surface area (Å²) in [6, 6.07) is 4.30. The molecule has 1 aromatic heterocycles. The zero-order valence-corrected chi connectivity index (χ0v) is 16.1. The number of piperidine rings is 1. The summed E-state index contributed by atoms with van der Waals surface area (Å²) in [4.78, 5) is 21.9. The molecule has 2 fully saturated rings. The molecular formula is C20H32N4O2. The number of pyridine rings is 1. The number of hydrogen-bond donors (Lipinski definition) is 1. The largest absolute Gasteiger partial charge is 0.378 e. The van der Waals surface area contributed by atoms with Crippen molar-refractivity contribution in [1.29, 1.82) is 0 Å². The lowest BCUT2D eigenvalue weighted by Gasteiger charge is -2.37. The van der Waals surface area contributed by atoms with Gasteiger partial charge in [-0.1, -0.05) is 19.4 Å². The molecule has 1 unspecified atom stereocenters. The highest BCUT2D eigenvalue weighted by molar-refractivity contribution is 5.82. The molecule has 0 bridgehead atoms. The Morgan fingerprint density at radius 1 is 1.31 bits per heavy atom. The minimum Gasteiger partial charge on any atom is -0.378 e. The van der Waals surface area contributed by atoms with Crippen molar-refractivity contribution in [3.05, 3.63) is 23.9 Å². The van der Waals surface area contributed by atoms with Crippen LogP contribution < -0.4 is 10.2 Å². The normalized spacial score (nSPS) is 22.4. The van der Waals surface area contributed by atoms with E-state index in [0.29, 0.717) is 6.61 Å². The first kappa shape index (κ1) is 19.1. The molecule has 6 heteroatoms. The molecule has 0 aliphatic carbocycles. The summed E-state index contributed by atoms with van der Waals surface area (Å²) in [5.74, 6) is 1.17. The van der Waals surface area contributed by atoms with Crippen molar-refractivity contribution in [2.75, 3.05) is 44.3 Å². The van der Waals surface area contributed by atoms with E-state index in [1.54, 1.807) is 0 Å². The quantitative estimate of drug-likeness (QED) is 0.841. The molecule has 6 nitrogen and oxygen atoms in total. The molecule has 1 amide bonds. The number of anilines is 1. The Bertz CT molecular complexity index is 570. The molecule has 144 valence electrons. The Labute approximate surface area is 156 Å². The molecule has 26 heavy (non-hydrogen) atoms. The zero-order chi connectivity index (χ0) is 18.4. The van der Waals surface area contributed by atoms with Gasteiger partial charge in [0.1, 0.15) is 11.9 Å². The van der Waals surface area contributed by atoms with Crippen LogP contribution in [0.4, 0.5) is 5.82 Å². The molecule has 2 aliphatic heterocycles. The average Bonchev–Trinajstić information content (AvgIpc) is 2.68. The van der Waals surface area contributed by atoms with Crippen LogP contribution in [-0.4, -0.2) is 67.3 Å². The average molecular weight is 361 g/mol. The van der Waals surface area contributed by atoms with Crippen molar-refractivity contribution in [2.24, 2.45) is 0 Å². The number of aryl methyl sites for hydroxylation is 1. The van der Waals surface area contributed by atoms with Gasteiger partial charge in [-0.3, -0.25) is 9.69 Å². The molecule has 0 radical (unpaired) electrons. The summed E-state index contributed by atoms with van der Waals surface area (Å²) in [6.45, 7) is 9.19. The maximum Gasteiger partial charge on any atom is 0.239 e. The summed E-state index contributed by atoms with van der Waals surface area (Å²) in [5, 5.41) is 3.27. The number of carbonyl (C=O) groups excluding carboxylic acids is 1. The van der Waals surface area contributed by atoms with Crippen molar-refractivity contribution in [3.8, 4) is 0 Å². The van der Waals surface area contributed by atoms with Crippen molar-refractivity contribution >= 4 is 11.7 Å². The fourth-order valence-electron chi connectivity index (χ4n) is 3.71. The lowest BCUT2D eigenvalue weighted by atomic mass is 10.0. The van der Waals surface area contributed by atoms with Crippen LogP contribution >= 0.6 is 0 Å². The second-order valence-electron chi connectivity index (χ2n) is 7.44. The molecular weight excluding hydrogens is 328 g/mol. The number of nitrogens with one attached hydrogen (secondary N) is 1. The molecule has 0 spiro atoms. The molecule has 2 saturated heterocycles. The van der Waals surface area contributed by atoms with Gasteiger partial charge < -0.3 is 15.0 Å². The van der Waals surface area contributed by atoms with E-state index in [-0.39, 0.29) is 18.0 Å². The Kier molecular flexibility index (Phi) is 6.86. The van der Waals surface area contributed by atoms with Gasteiger partial charge in [0, 0.05) is 31.9 Å². The van der Waals surface area contributed by atoms with Gasteiger partial charge in [0.2, 0.25) is 5.91 Å². The maximum absolute atomic E-state index is 12.8. The predicted octanol–water partition coefficient (Wildman–Crippen LogP) is 1.98. The van der Waals surface area contributed by atoms with Gasteiger partial charge >= 0.3 is 0 Å². The highest BCUT2D eigenvalue weighted by Crippen LogP contribution is 2.18. The lowest BCUT2D eigenvalue weighted by molar-refractivity contribution is -0.133. The Morgan fingerprint density at radius 3 is 2.81 bits per heavy atom. The third-order valence-electron chi connectivity index (χ3n) is 5.40. The van der Waals surface area contributed by atoms with Crippen LogP contribution in [0.2, 0.25) is 0 Å². The van der Waals surface area contributed by atoms with Crippen LogP contribution in [0.15, 0.2) is 18.3 Å². The fraction of sp³-hybridized carbons (Fsp3) is 0.700. The standard InChI is InChI=1S/C20H32N4O2/c1-3-4-9-23-12-13-26-15-18(23)20(25)22-17-7-10-24(11-8-17)19-6-5-16(2)14-21-19/h5-6,14,17-18H,3-4,7-13,15H2,1-2H3,(H,22,25). The number of aromatic nitrogens is 1. The smallest absolute Gasteiger partial charge is 0.239 e. The molecule has 3 heterocycles. The Hall–Kier alpha value is -1.66. The maximum atomic E-state index is 12.8. The van der Waals surface area contributed by atoms with E-state index in [1.807, 2.05) is 6.20 Å². The first-order valence-corrected chi connectivity index (χ1v) is 9.97. The van der Waals surface area contributed by atoms with Gasteiger partial charge in [-0.25, -0.2) is 4.98 Å². The van der Waals surface area contributed by atoms with Crippen molar-refractivity contribution in [2.45, 2.75) is 51.6 Å². The molecule has 0 aromatic carbocycles.